The predicted molar refractivity (Wildman–Crippen MR) is 77.2 cm³/mol. The molecule has 0 saturated heterocycles. The van der Waals surface area contributed by atoms with Gasteiger partial charge in [0.15, 0.2) is 0 Å². The van der Waals surface area contributed by atoms with Gasteiger partial charge in [0.2, 0.25) is 0 Å². The van der Waals surface area contributed by atoms with Crippen LogP contribution in [0.25, 0.3) is 0 Å². The molecular formula is C16H25NO2. The van der Waals surface area contributed by atoms with E-state index in [1.54, 1.807) is 0 Å². The molecule has 1 heterocycles. The summed E-state index contributed by atoms with van der Waals surface area (Å²) in [5.74, 6) is 0. The van der Waals surface area contributed by atoms with Crippen LogP contribution >= 0.6 is 0 Å². The Morgan fingerprint density at radius 2 is 2.00 bits per heavy atom. The Bertz CT molecular complexity index is 437. The van der Waals surface area contributed by atoms with Crippen molar-refractivity contribution < 1.29 is 10.2 Å². The fraction of sp³-hybridized carbons (Fsp3) is 0.625. The van der Waals surface area contributed by atoms with Crippen LogP contribution in [0.5, 0.6) is 0 Å². The Labute approximate surface area is 115 Å². The van der Waals surface area contributed by atoms with E-state index in [1.807, 2.05) is 0 Å². The van der Waals surface area contributed by atoms with E-state index in [4.69, 9.17) is 5.11 Å². The molecule has 1 atom stereocenters. The second-order valence-electron chi connectivity index (χ2n) is 6.56. The summed E-state index contributed by atoms with van der Waals surface area (Å²) in [6.07, 6.45) is 0.394. The molecule has 0 aliphatic carbocycles. The molecule has 1 unspecified atom stereocenters. The van der Waals surface area contributed by atoms with Crippen LogP contribution in [0.2, 0.25) is 0 Å². The molecule has 0 radical (unpaired) electrons. The van der Waals surface area contributed by atoms with Crippen LogP contribution in [0.3, 0.4) is 0 Å². The summed E-state index contributed by atoms with van der Waals surface area (Å²) >= 11 is 0. The molecule has 1 aliphatic rings. The summed E-state index contributed by atoms with van der Waals surface area (Å²) in [6, 6.07) is 6.78. The van der Waals surface area contributed by atoms with Gasteiger partial charge in [0.1, 0.15) is 0 Å². The van der Waals surface area contributed by atoms with Gasteiger partial charge in [-0.1, -0.05) is 39.0 Å². The summed E-state index contributed by atoms with van der Waals surface area (Å²) in [6.45, 7) is 8.90. The molecule has 3 nitrogen and oxygen atoms in total. The molecule has 0 bridgehead atoms. The zero-order chi connectivity index (χ0) is 14.0. The van der Waals surface area contributed by atoms with E-state index in [9.17, 15) is 5.11 Å². The maximum absolute atomic E-state index is 9.55. The summed E-state index contributed by atoms with van der Waals surface area (Å²) < 4.78 is 0. The Kier molecular flexibility index (Phi) is 4.29. The highest BCUT2D eigenvalue weighted by Gasteiger charge is 2.21. The molecule has 0 spiro atoms. The van der Waals surface area contributed by atoms with Crippen molar-refractivity contribution >= 4 is 0 Å². The van der Waals surface area contributed by atoms with Crippen molar-refractivity contribution in [1.82, 2.24) is 4.90 Å². The predicted octanol–water partition coefficient (Wildman–Crippen LogP) is 1.70. The van der Waals surface area contributed by atoms with Crippen LogP contribution in [0.15, 0.2) is 18.2 Å². The van der Waals surface area contributed by atoms with Crippen LogP contribution in [-0.2, 0) is 18.4 Å². The van der Waals surface area contributed by atoms with Crippen molar-refractivity contribution in [3.63, 3.8) is 0 Å². The second kappa shape index (κ2) is 5.61. The number of aliphatic hydroxyl groups excluding tert-OH is 2. The van der Waals surface area contributed by atoms with Gasteiger partial charge in [-0.05, 0) is 28.5 Å². The van der Waals surface area contributed by atoms with Crippen molar-refractivity contribution in [2.45, 2.75) is 45.3 Å². The summed E-state index contributed by atoms with van der Waals surface area (Å²) in [4.78, 5) is 2.22. The van der Waals surface area contributed by atoms with E-state index < -0.39 is 6.10 Å². The number of β-amino-alcohol motifs (C(OH)–C–C–N with tert-alkyl or cyclic N) is 1. The lowest BCUT2D eigenvalue weighted by atomic mass is 9.84. The Hall–Kier alpha value is -0.900. The Balaban J connectivity index is 2.14. The number of aliphatic hydroxyl groups is 2. The molecule has 2 N–H and O–H groups in total. The third kappa shape index (κ3) is 3.56. The first-order chi connectivity index (χ1) is 8.90. The van der Waals surface area contributed by atoms with Crippen molar-refractivity contribution in [1.29, 1.82) is 0 Å². The van der Waals surface area contributed by atoms with Gasteiger partial charge in [0.05, 0.1) is 12.7 Å². The second-order valence-corrected chi connectivity index (χ2v) is 6.56. The third-order valence-corrected chi connectivity index (χ3v) is 3.84. The topological polar surface area (TPSA) is 43.7 Å². The average molecular weight is 263 g/mol. The van der Waals surface area contributed by atoms with Crippen LogP contribution in [0, 0.1) is 0 Å². The maximum Gasteiger partial charge on any atom is 0.0897 e. The summed E-state index contributed by atoms with van der Waals surface area (Å²) in [5.41, 5.74) is 4.31. The number of nitrogens with zero attached hydrogens (tertiary/aromatic N) is 1. The lowest BCUT2D eigenvalue weighted by Gasteiger charge is -2.31. The standard InChI is InChI=1S/C16H25NO2/c1-16(2,3)14-5-4-12-6-7-17(9-13(12)8-14)10-15(19)11-18/h4-5,8,15,18-19H,6-7,9-11H2,1-3H3. The lowest BCUT2D eigenvalue weighted by molar-refractivity contribution is 0.0551. The quantitative estimate of drug-likeness (QED) is 0.872. The zero-order valence-corrected chi connectivity index (χ0v) is 12.2. The van der Waals surface area contributed by atoms with Crippen molar-refractivity contribution in [2.24, 2.45) is 0 Å². The van der Waals surface area contributed by atoms with E-state index in [2.05, 4.69) is 43.9 Å². The first-order valence-electron chi connectivity index (χ1n) is 7.03. The molecule has 1 aliphatic heterocycles. The lowest BCUT2D eigenvalue weighted by Crippen LogP contribution is -2.38. The van der Waals surface area contributed by atoms with Gasteiger partial charge in [-0.3, -0.25) is 4.90 Å². The maximum atomic E-state index is 9.55. The smallest absolute Gasteiger partial charge is 0.0897 e. The summed E-state index contributed by atoms with van der Waals surface area (Å²) in [7, 11) is 0. The minimum atomic E-state index is -0.632. The van der Waals surface area contributed by atoms with Crippen LogP contribution in [-0.4, -0.2) is 40.9 Å². The highest BCUT2D eigenvalue weighted by atomic mass is 16.3. The van der Waals surface area contributed by atoms with E-state index >= 15 is 0 Å². The van der Waals surface area contributed by atoms with Gasteiger partial charge >= 0.3 is 0 Å². The molecule has 0 saturated carbocycles. The molecule has 1 aromatic rings. The van der Waals surface area contributed by atoms with Gasteiger partial charge in [0.25, 0.3) is 0 Å². The third-order valence-electron chi connectivity index (χ3n) is 3.84. The number of rotatable bonds is 3. The van der Waals surface area contributed by atoms with Gasteiger partial charge in [-0.25, -0.2) is 0 Å². The van der Waals surface area contributed by atoms with E-state index in [0.29, 0.717) is 6.54 Å². The fourth-order valence-electron chi connectivity index (χ4n) is 2.59. The van der Waals surface area contributed by atoms with Crippen LogP contribution in [0.1, 0.15) is 37.5 Å². The Morgan fingerprint density at radius 1 is 1.26 bits per heavy atom. The number of hydrogen-bond acceptors (Lipinski definition) is 3. The number of hydrogen-bond donors (Lipinski definition) is 2. The molecule has 2 rings (SSSR count). The van der Waals surface area contributed by atoms with Gasteiger partial charge in [-0.15, -0.1) is 0 Å². The van der Waals surface area contributed by atoms with Gasteiger partial charge < -0.3 is 10.2 Å². The molecule has 0 fully saturated rings. The first kappa shape index (κ1) is 14.5. The highest BCUT2D eigenvalue weighted by Crippen LogP contribution is 2.27. The molecule has 0 amide bonds. The largest absolute Gasteiger partial charge is 0.394 e. The average Bonchev–Trinajstić information content (AvgIpc) is 2.36. The number of fused-ring (bicyclic) bond motifs is 1. The van der Waals surface area contributed by atoms with Gasteiger partial charge in [0, 0.05) is 19.6 Å². The molecule has 0 aromatic heterocycles. The highest BCUT2D eigenvalue weighted by molar-refractivity contribution is 5.36. The van der Waals surface area contributed by atoms with Gasteiger partial charge in [-0.2, -0.15) is 0 Å². The number of benzene rings is 1. The monoisotopic (exact) mass is 263 g/mol. The zero-order valence-electron chi connectivity index (χ0n) is 12.2. The molecule has 19 heavy (non-hydrogen) atoms. The van der Waals surface area contributed by atoms with Crippen molar-refractivity contribution in [3.8, 4) is 0 Å². The fourth-order valence-corrected chi connectivity index (χ4v) is 2.59. The van der Waals surface area contributed by atoms with E-state index in [-0.39, 0.29) is 12.0 Å². The first-order valence-corrected chi connectivity index (χ1v) is 7.03. The van der Waals surface area contributed by atoms with Crippen LogP contribution < -0.4 is 0 Å². The van der Waals surface area contributed by atoms with E-state index in [0.717, 1.165) is 19.5 Å². The van der Waals surface area contributed by atoms with Crippen LogP contribution in [0.4, 0.5) is 0 Å². The molecule has 1 aromatic carbocycles. The molecule has 106 valence electrons. The minimum Gasteiger partial charge on any atom is -0.394 e. The Morgan fingerprint density at radius 3 is 2.63 bits per heavy atom. The van der Waals surface area contributed by atoms with E-state index in [1.165, 1.54) is 16.7 Å². The normalized spacial score (nSPS) is 18.2. The van der Waals surface area contributed by atoms with Crippen molar-refractivity contribution in [2.75, 3.05) is 19.7 Å². The minimum absolute atomic E-state index is 0.161. The molecular weight excluding hydrogens is 238 g/mol. The summed E-state index contributed by atoms with van der Waals surface area (Å²) in [5, 5.41) is 18.5. The molecule has 3 heteroatoms. The van der Waals surface area contributed by atoms with Crippen molar-refractivity contribution in [3.05, 3.63) is 34.9 Å². The SMILES string of the molecule is CC(C)(C)c1ccc2c(c1)CN(CC(O)CO)CC2.